The van der Waals surface area contributed by atoms with Gasteiger partial charge in [-0.05, 0) is 56.1 Å². The Hall–Kier alpha value is -1.74. The molecule has 0 saturated heterocycles. The van der Waals surface area contributed by atoms with Crippen molar-refractivity contribution in [2.24, 2.45) is 0 Å². The van der Waals surface area contributed by atoms with Crippen LogP contribution in [0, 0.1) is 13.8 Å². The van der Waals surface area contributed by atoms with Crippen molar-refractivity contribution in [3.05, 3.63) is 53.0 Å². The maximum Gasteiger partial charge on any atom is 0.119 e. The number of rotatable bonds is 6. The predicted octanol–water partition coefficient (Wildman–Crippen LogP) is 3.99. The first-order chi connectivity index (χ1) is 9.65. The van der Waals surface area contributed by atoms with E-state index in [1.807, 2.05) is 19.3 Å². The Morgan fingerprint density at radius 1 is 1.25 bits per heavy atom. The Morgan fingerprint density at radius 2 is 2.05 bits per heavy atom. The summed E-state index contributed by atoms with van der Waals surface area (Å²) >= 11 is 0. The molecular weight excluding hydrogens is 250 g/mol. The zero-order valence-corrected chi connectivity index (χ0v) is 12.7. The predicted molar refractivity (Wildman–Crippen MR) is 81.3 cm³/mol. The molecule has 0 amide bonds. The third-order valence-corrected chi connectivity index (χ3v) is 3.47. The Bertz CT molecular complexity index is 560. The Balaban J connectivity index is 2.35. The lowest BCUT2D eigenvalue weighted by atomic mass is 9.96. The van der Waals surface area contributed by atoms with E-state index in [1.165, 1.54) is 16.7 Å². The smallest absolute Gasteiger partial charge is 0.119 e. The number of furan rings is 1. The van der Waals surface area contributed by atoms with Crippen molar-refractivity contribution < 1.29 is 9.15 Å². The summed E-state index contributed by atoms with van der Waals surface area (Å²) < 4.78 is 10.7. The summed E-state index contributed by atoms with van der Waals surface area (Å²) in [5, 5.41) is 3.59. The first-order valence-electron chi connectivity index (χ1n) is 7.08. The van der Waals surface area contributed by atoms with Crippen molar-refractivity contribution in [2.75, 3.05) is 13.7 Å². The average molecular weight is 273 g/mol. The minimum absolute atomic E-state index is 0.165. The summed E-state index contributed by atoms with van der Waals surface area (Å²) in [5.74, 6) is 1.83. The Kier molecular flexibility index (Phi) is 4.85. The van der Waals surface area contributed by atoms with Crippen molar-refractivity contribution in [3.63, 3.8) is 0 Å². The molecule has 0 radical (unpaired) electrons. The van der Waals surface area contributed by atoms with Gasteiger partial charge in [-0.25, -0.2) is 0 Å². The van der Waals surface area contributed by atoms with Crippen LogP contribution in [0.15, 0.2) is 34.9 Å². The van der Waals surface area contributed by atoms with Crippen molar-refractivity contribution in [2.45, 2.75) is 33.2 Å². The van der Waals surface area contributed by atoms with Gasteiger partial charge >= 0.3 is 0 Å². The maximum absolute atomic E-state index is 5.47. The summed E-state index contributed by atoms with van der Waals surface area (Å²) in [4.78, 5) is 0. The van der Waals surface area contributed by atoms with Gasteiger partial charge in [0.1, 0.15) is 11.5 Å². The number of aryl methyl sites for hydroxylation is 2. The van der Waals surface area contributed by atoms with Gasteiger partial charge in [0.15, 0.2) is 0 Å². The molecule has 1 atom stereocenters. The van der Waals surface area contributed by atoms with Crippen LogP contribution in [0.2, 0.25) is 0 Å². The molecule has 1 aromatic carbocycles. The SMILES string of the molecule is CCCNC(c1coc(C)c1)c1ccc(OC)cc1C. The zero-order valence-electron chi connectivity index (χ0n) is 12.7. The second kappa shape index (κ2) is 6.62. The van der Waals surface area contributed by atoms with Crippen LogP contribution in [-0.4, -0.2) is 13.7 Å². The van der Waals surface area contributed by atoms with Crippen molar-refractivity contribution >= 4 is 0 Å². The highest BCUT2D eigenvalue weighted by molar-refractivity contribution is 5.40. The molecule has 0 fully saturated rings. The van der Waals surface area contributed by atoms with Crippen LogP contribution >= 0.6 is 0 Å². The molecule has 1 aromatic heterocycles. The molecule has 1 heterocycles. The van der Waals surface area contributed by atoms with Gasteiger partial charge in [0.25, 0.3) is 0 Å². The second-order valence-corrected chi connectivity index (χ2v) is 5.10. The molecule has 0 aliphatic heterocycles. The Labute approximate surface area is 121 Å². The van der Waals surface area contributed by atoms with Crippen molar-refractivity contribution in [3.8, 4) is 5.75 Å². The van der Waals surface area contributed by atoms with E-state index in [0.29, 0.717) is 0 Å². The topological polar surface area (TPSA) is 34.4 Å². The molecular formula is C17H23NO2. The summed E-state index contributed by atoms with van der Waals surface area (Å²) in [6, 6.07) is 8.47. The molecule has 0 saturated carbocycles. The van der Waals surface area contributed by atoms with E-state index in [4.69, 9.17) is 9.15 Å². The second-order valence-electron chi connectivity index (χ2n) is 5.10. The molecule has 20 heavy (non-hydrogen) atoms. The van der Waals surface area contributed by atoms with Gasteiger partial charge in [-0.1, -0.05) is 13.0 Å². The number of ether oxygens (including phenoxy) is 1. The highest BCUT2D eigenvalue weighted by atomic mass is 16.5. The van der Waals surface area contributed by atoms with E-state index >= 15 is 0 Å². The largest absolute Gasteiger partial charge is 0.497 e. The van der Waals surface area contributed by atoms with E-state index in [9.17, 15) is 0 Å². The van der Waals surface area contributed by atoms with E-state index in [0.717, 1.165) is 24.5 Å². The fraction of sp³-hybridized carbons (Fsp3) is 0.412. The van der Waals surface area contributed by atoms with Gasteiger partial charge < -0.3 is 14.5 Å². The molecule has 2 aromatic rings. The van der Waals surface area contributed by atoms with Gasteiger partial charge in [0, 0.05) is 5.56 Å². The lowest BCUT2D eigenvalue weighted by Crippen LogP contribution is -2.23. The van der Waals surface area contributed by atoms with Gasteiger partial charge in [-0.3, -0.25) is 0 Å². The van der Waals surface area contributed by atoms with Crippen LogP contribution in [0.5, 0.6) is 5.75 Å². The van der Waals surface area contributed by atoms with E-state index in [2.05, 4.69) is 37.4 Å². The van der Waals surface area contributed by atoms with E-state index in [-0.39, 0.29) is 6.04 Å². The van der Waals surface area contributed by atoms with Crippen LogP contribution < -0.4 is 10.1 Å². The highest BCUT2D eigenvalue weighted by Crippen LogP contribution is 2.28. The van der Waals surface area contributed by atoms with Crippen LogP contribution in [0.1, 0.15) is 41.8 Å². The molecule has 1 N–H and O–H groups in total. The van der Waals surface area contributed by atoms with Gasteiger partial charge in [-0.2, -0.15) is 0 Å². The minimum atomic E-state index is 0.165. The standard InChI is InChI=1S/C17H23NO2/c1-5-8-18-17(14-10-13(3)20-11-14)16-7-6-15(19-4)9-12(16)2/h6-7,9-11,17-18H,5,8H2,1-4H3. The maximum atomic E-state index is 5.47. The molecule has 0 aliphatic carbocycles. The lowest BCUT2D eigenvalue weighted by molar-refractivity contribution is 0.414. The number of nitrogens with one attached hydrogen (secondary N) is 1. The molecule has 2 rings (SSSR count). The first-order valence-corrected chi connectivity index (χ1v) is 7.08. The fourth-order valence-corrected chi connectivity index (χ4v) is 2.41. The molecule has 1 unspecified atom stereocenters. The highest BCUT2D eigenvalue weighted by Gasteiger charge is 2.17. The van der Waals surface area contributed by atoms with Crippen LogP contribution in [0.3, 0.4) is 0 Å². The van der Waals surface area contributed by atoms with E-state index in [1.54, 1.807) is 7.11 Å². The van der Waals surface area contributed by atoms with Crippen LogP contribution in [-0.2, 0) is 0 Å². The van der Waals surface area contributed by atoms with Crippen LogP contribution in [0.25, 0.3) is 0 Å². The third-order valence-electron chi connectivity index (χ3n) is 3.47. The number of methoxy groups -OCH3 is 1. The monoisotopic (exact) mass is 273 g/mol. The van der Waals surface area contributed by atoms with Crippen LogP contribution in [0.4, 0.5) is 0 Å². The van der Waals surface area contributed by atoms with E-state index < -0.39 is 0 Å². The quantitative estimate of drug-likeness (QED) is 0.864. The molecule has 3 nitrogen and oxygen atoms in total. The average Bonchev–Trinajstić information content (AvgIpc) is 2.87. The molecule has 0 spiro atoms. The molecule has 108 valence electrons. The lowest BCUT2D eigenvalue weighted by Gasteiger charge is -2.20. The molecule has 0 bridgehead atoms. The van der Waals surface area contributed by atoms with Gasteiger partial charge in [0.2, 0.25) is 0 Å². The molecule has 3 heteroatoms. The summed E-state index contributed by atoms with van der Waals surface area (Å²) in [7, 11) is 1.70. The van der Waals surface area contributed by atoms with Gasteiger partial charge in [0.05, 0.1) is 19.4 Å². The Morgan fingerprint density at radius 3 is 2.60 bits per heavy atom. The summed E-state index contributed by atoms with van der Waals surface area (Å²) in [5.41, 5.74) is 3.65. The number of hydrogen-bond acceptors (Lipinski definition) is 3. The molecule has 0 aliphatic rings. The minimum Gasteiger partial charge on any atom is -0.497 e. The zero-order chi connectivity index (χ0) is 14.5. The summed E-state index contributed by atoms with van der Waals surface area (Å²) in [6.45, 7) is 7.23. The van der Waals surface area contributed by atoms with Crippen molar-refractivity contribution in [1.29, 1.82) is 0 Å². The number of benzene rings is 1. The van der Waals surface area contributed by atoms with Crippen molar-refractivity contribution in [1.82, 2.24) is 5.32 Å². The van der Waals surface area contributed by atoms with Gasteiger partial charge in [-0.15, -0.1) is 0 Å². The summed E-state index contributed by atoms with van der Waals surface area (Å²) in [6.07, 6.45) is 2.94. The first kappa shape index (κ1) is 14.7. The fourth-order valence-electron chi connectivity index (χ4n) is 2.41. The normalized spacial score (nSPS) is 12.4. The number of hydrogen-bond donors (Lipinski definition) is 1. The third kappa shape index (κ3) is 3.23.